The van der Waals surface area contributed by atoms with Crippen molar-refractivity contribution in [1.29, 1.82) is 5.26 Å². The molecule has 0 saturated carbocycles. The SMILES string of the molecule is CCOC(=O)c1nn(-c2ccc(C)cc2)c(=O)c2c(N)c(C#N)c(-c3ccc(OC)cc3)cc12. The van der Waals surface area contributed by atoms with Crippen molar-refractivity contribution in [2.24, 2.45) is 0 Å². The fourth-order valence-corrected chi connectivity index (χ4v) is 3.76. The van der Waals surface area contributed by atoms with Gasteiger partial charge in [0.25, 0.3) is 5.56 Å². The summed E-state index contributed by atoms with van der Waals surface area (Å²) in [6.45, 7) is 3.73. The van der Waals surface area contributed by atoms with Gasteiger partial charge in [0.05, 0.1) is 36.0 Å². The van der Waals surface area contributed by atoms with Gasteiger partial charge in [0, 0.05) is 10.9 Å². The summed E-state index contributed by atoms with van der Waals surface area (Å²) < 4.78 is 11.5. The number of nitrogens with two attached hydrogens (primary N) is 1. The summed E-state index contributed by atoms with van der Waals surface area (Å²) in [6.07, 6.45) is 0. The Morgan fingerprint density at radius 2 is 1.82 bits per heavy atom. The number of ether oxygens (including phenoxy) is 2. The number of hydrogen-bond donors (Lipinski definition) is 1. The topological polar surface area (TPSA) is 120 Å². The Bertz CT molecular complexity index is 1500. The lowest BCUT2D eigenvalue weighted by molar-refractivity contribution is 0.0520. The van der Waals surface area contributed by atoms with Crippen molar-refractivity contribution in [3.8, 4) is 28.6 Å². The predicted octanol–water partition coefficient (Wildman–Crippen LogP) is 4.00. The Morgan fingerprint density at radius 1 is 1.15 bits per heavy atom. The van der Waals surface area contributed by atoms with E-state index in [1.54, 1.807) is 56.5 Å². The molecule has 4 rings (SSSR count). The molecule has 0 unspecified atom stereocenters. The zero-order valence-electron chi connectivity index (χ0n) is 19.0. The number of carbonyl (C=O) groups is 1. The number of rotatable bonds is 5. The molecule has 0 amide bonds. The molecule has 0 radical (unpaired) electrons. The highest BCUT2D eigenvalue weighted by molar-refractivity contribution is 6.09. The molecule has 0 aliphatic rings. The van der Waals surface area contributed by atoms with Crippen LogP contribution in [0.25, 0.3) is 27.6 Å². The molecule has 170 valence electrons. The monoisotopic (exact) mass is 454 g/mol. The number of fused-ring (bicyclic) bond motifs is 1. The molecule has 1 heterocycles. The second kappa shape index (κ2) is 9.08. The van der Waals surface area contributed by atoms with Crippen molar-refractivity contribution >= 4 is 22.4 Å². The average Bonchev–Trinajstić information content (AvgIpc) is 2.84. The third-order valence-electron chi connectivity index (χ3n) is 5.49. The van der Waals surface area contributed by atoms with Crippen LogP contribution in [0.2, 0.25) is 0 Å². The molecular weight excluding hydrogens is 432 g/mol. The molecule has 34 heavy (non-hydrogen) atoms. The molecule has 8 heteroatoms. The number of nitrogen functional groups attached to an aromatic ring is 1. The van der Waals surface area contributed by atoms with Crippen LogP contribution in [0.15, 0.2) is 59.4 Å². The third-order valence-corrected chi connectivity index (χ3v) is 5.49. The van der Waals surface area contributed by atoms with Gasteiger partial charge in [0.15, 0.2) is 5.69 Å². The Balaban J connectivity index is 2.10. The Morgan fingerprint density at radius 3 is 2.41 bits per heavy atom. The van der Waals surface area contributed by atoms with E-state index in [0.29, 0.717) is 22.6 Å². The quantitative estimate of drug-likeness (QED) is 0.357. The first kappa shape index (κ1) is 22.6. The molecule has 0 saturated heterocycles. The molecule has 8 nitrogen and oxygen atoms in total. The summed E-state index contributed by atoms with van der Waals surface area (Å²) in [7, 11) is 1.56. The van der Waals surface area contributed by atoms with Crippen molar-refractivity contribution < 1.29 is 14.3 Å². The normalized spacial score (nSPS) is 10.6. The molecule has 0 aliphatic heterocycles. The molecule has 0 bridgehead atoms. The van der Waals surface area contributed by atoms with Crippen molar-refractivity contribution in [3.05, 3.63) is 81.8 Å². The van der Waals surface area contributed by atoms with Crippen LogP contribution >= 0.6 is 0 Å². The summed E-state index contributed by atoms with van der Waals surface area (Å²) in [5, 5.41) is 14.5. The Labute approximate surface area is 195 Å². The number of methoxy groups -OCH3 is 1. The zero-order chi connectivity index (χ0) is 24.4. The lowest BCUT2D eigenvalue weighted by Crippen LogP contribution is -2.26. The van der Waals surface area contributed by atoms with Crippen LogP contribution in [0.4, 0.5) is 5.69 Å². The van der Waals surface area contributed by atoms with E-state index in [2.05, 4.69) is 11.2 Å². The maximum absolute atomic E-state index is 13.5. The van der Waals surface area contributed by atoms with E-state index in [0.717, 1.165) is 10.2 Å². The van der Waals surface area contributed by atoms with Gasteiger partial charge in [-0.05, 0) is 49.7 Å². The van der Waals surface area contributed by atoms with Crippen molar-refractivity contribution in [3.63, 3.8) is 0 Å². The zero-order valence-corrected chi connectivity index (χ0v) is 19.0. The number of esters is 1. The molecule has 2 N–H and O–H groups in total. The van der Waals surface area contributed by atoms with Gasteiger partial charge in [-0.25, -0.2) is 4.79 Å². The first-order valence-electron chi connectivity index (χ1n) is 10.6. The van der Waals surface area contributed by atoms with Crippen molar-refractivity contribution in [1.82, 2.24) is 9.78 Å². The number of nitriles is 1. The molecular formula is C26H22N4O4. The molecule has 4 aromatic rings. The van der Waals surface area contributed by atoms with Crippen LogP contribution in [0, 0.1) is 18.3 Å². The summed E-state index contributed by atoms with van der Waals surface area (Å²) in [5.74, 6) is -0.0518. The summed E-state index contributed by atoms with van der Waals surface area (Å²) in [5.41, 5.74) is 8.49. The molecule has 3 aromatic carbocycles. The van der Waals surface area contributed by atoms with Gasteiger partial charge >= 0.3 is 5.97 Å². The predicted molar refractivity (Wildman–Crippen MR) is 129 cm³/mol. The molecule has 0 aliphatic carbocycles. The fraction of sp³-hybridized carbons (Fsp3) is 0.154. The maximum atomic E-state index is 13.5. The fourth-order valence-electron chi connectivity index (χ4n) is 3.76. The van der Waals surface area contributed by atoms with E-state index in [1.807, 2.05) is 19.1 Å². The Kier molecular flexibility index (Phi) is 6.02. The summed E-state index contributed by atoms with van der Waals surface area (Å²) in [4.78, 5) is 26.4. The molecule has 0 spiro atoms. The number of hydrogen-bond acceptors (Lipinski definition) is 7. The number of aromatic nitrogens is 2. The van der Waals surface area contributed by atoms with E-state index in [4.69, 9.17) is 15.2 Å². The van der Waals surface area contributed by atoms with E-state index in [1.165, 1.54) is 0 Å². The van der Waals surface area contributed by atoms with Gasteiger partial charge < -0.3 is 15.2 Å². The van der Waals surface area contributed by atoms with Crippen LogP contribution in [-0.4, -0.2) is 29.5 Å². The van der Waals surface area contributed by atoms with Crippen LogP contribution in [-0.2, 0) is 4.74 Å². The first-order chi connectivity index (χ1) is 16.4. The minimum atomic E-state index is -0.696. The molecule has 0 fully saturated rings. The van der Waals surface area contributed by atoms with Crippen LogP contribution < -0.4 is 16.0 Å². The van der Waals surface area contributed by atoms with Crippen molar-refractivity contribution in [2.75, 3.05) is 19.5 Å². The lowest BCUT2D eigenvalue weighted by Gasteiger charge is -2.15. The van der Waals surface area contributed by atoms with Crippen LogP contribution in [0.1, 0.15) is 28.5 Å². The standard InChI is InChI=1S/C26H22N4O4/c1-4-34-26(32)24-20-13-19(16-7-11-18(33-3)12-8-16)21(14-27)23(28)22(20)25(31)30(29-24)17-9-5-15(2)6-10-17/h5-13H,4,28H2,1-3H3. The van der Waals surface area contributed by atoms with Gasteiger partial charge in [0.2, 0.25) is 0 Å². The van der Waals surface area contributed by atoms with Crippen LogP contribution in [0.5, 0.6) is 5.75 Å². The van der Waals surface area contributed by atoms with Gasteiger partial charge in [-0.1, -0.05) is 29.8 Å². The molecule has 1 aromatic heterocycles. The minimum absolute atomic E-state index is 0.0235. The maximum Gasteiger partial charge on any atom is 0.359 e. The number of anilines is 1. The average molecular weight is 454 g/mol. The van der Waals surface area contributed by atoms with E-state index < -0.39 is 11.5 Å². The number of benzene rings is 3. The smallest absolute Gasteiger partial charge is 0.359 e. The number of nitrogens with zero attached hydrogens (tertiary/aromatic N) is 3. The highest BCUT2D eigenvalue weighted by atomic mass is 16.5. The Hall–Kier alpha value is -4.64. The van der Waals surface area contributed by atoms with Crippen LogP contribution in [0.3, 0.4) is 0 Å². The summed E-state index contributed by atoms with van der Waals surface area (Å²) >= 11 is 0. The summed E-state index contributed by atoms with van der Waals surface area (Å²) in [6, 6.07) is 17.8. The highest BCUT2D eigenvalue weighted by Gasteiger charge is 2.24. The minimum Gasteiger partial charge on any atom is -0.497 e. The van der Waals surface area contributed by atoms with E-state index >= 15 is 0 Å². The second-order valence-corrected chi connectivity index (χ2v) is 7.60. The van der Waals surface area contributed by atoms with Gasteiger partial charge in [-0.2, -0.15) is 15.0 Å². The van der Waals surface area contributed by atoms with E-state index in [-0.39, 0.29) is 34.3 Å². The third kappa shape index (κ3) is 3.84. The van der Waals surface area contributed by atoms with Gasteiger partial charge in [0.1, 0.15) is 11.8 Å². The largest absolute Gasteiger partial charge is 0.497 e. The highest BCUT2D eigenvalue weighted by Crippen LogP contribution is 2.35. The number of aryl methyl sites for hydroxylation is 1. The van der Waals surface area contributed by atoms with E-state index in [9.17, 15) is 14.9 Å². The van der Waals surface area contributed by atoms with Crippen molar-refractivity contribution in [2.45, 2.75) is 13.8 Å². The molecule has 0 atom stereocenters. The van der Waals surface area contributed by atoms with Gasteiger partial charge in [-0.3, -0.25) is 4.79 Å². The second-order valence-electron chi connectivity index (χ2n) is 7.60. The van der Waals surface area contributed by atoms with Gasteiger partial charge in [-0.15, -0.1) is 0 Å². The lowest BCUT2D eigenvalue weighted by atomic mass is 9.94. The number of carbonyl (C=O) groups excluding carboxylic acids is 1. The first-order valence-corrected chi connectivity index (χ1v) is 10.6.